The maximum atomic E-state index is 12.5. The molecule has 0 radical (unpaired) electrons. The second-order valence-corrected chi connectivity index (χ2v) is 6.43. The van der Waals surface area contributed by atoms with Crippen molar-refractivity contribution in [2.24, 2.45) is 5.92 Å². The summed E-state index contributed by atoms with van der Waals surface area (Å²) in [6, 6.07) is 10.4. The van der Waals surface area contributed by atoms with Crippen molar-refractivity contribution in [3.63, 3.8) is 0 Å². The first-order valence-electron chi connectivity index (χ1n) is 8.30. The van der Waals surface area contributed by atoms with Crippen molar-refractivity contribution in [2.45, 2.75) is 57.3 Å². The second kappa shape index (κ2) is 6.39. The van der Waals surface area contributed by atoms with Gasteiger partial charge < -0.3 is 9.84 Å². The molecule has 0 spiro atoms. The quantitative estimate of drug-likeness (QED) is 0.868. The summed E-state index contributed by atoms with van der Waals surface area (Å²) in [5.74, 6) is -0.186. The monoisotopic (exact) mass is 303 g/mol. The molecule has 1 unspecified atom stereocenters. The van der Waals surface area contributed by atoms with Crippen LogP contribution in [0, 0.1) is 5.92 Å². The summed E-state index contributed by atoms with van der Waals surface area (Å²) >= 11 is 0. The van der Waals surface area contributed by atoms with Crippen LogP contribution in [-0.2, 0) is 9.53 Å². The van der Waals surface area contributed by atoms with Crippen LogP contribution in [-0.4, -0.2) is 40.8 Å². The zero-order chi connectivity index (χ0) is 15.7. The molecule has 120 valence electrons. The second-order valence-electron chi connectivity index (χ2n) is 6.43. The number of aliphatic hydroxyl groups excluding tert-OH is 1. The Balaban J connectivity index is 1.91. The molecule has 0 amide bonds. The van der Waals surface area contributed by atoms with E-state index in [1.165, 1.54) is 5.56 Å². The highest BCUT2D eigenvalue weighted by molar-refractivity contribution is 5.77. The lowest BCUT2D eigenvalue weighted by Gasteiger charge is -2.54. The number of hydrogen-bond donors (Lipinski definition) is 1. The maximum Gasteiger partial charge on any atom is 0.323 e. The largest absolute Gasteiger partial charge is 0.465 e. The van der Waals surface area contributed by atoms with Crippen LogP contribution in [0.2, 0.25) is 0 Å². The highest BCUT2D eigenvalue weighted by Gasteiger charge is 2.51. The van der Waals surface area contributed by atoms with E-state index in [1.54, 1.807) is 0 Å². The van der Waals surface area contributed by atoms with Crippen molar-refractivity contribution in [3.8, 4) is 0 Å². The zero-order valence-electron chi connectivity index (χ0n) is 13.3. The van der Waals surface area contributed by atoms with Gasteiger partial charge in [0, 0.05) is 18.0 Å². The molecule has 1 aromatic rings. The van der Waals surface area contributed by atoms with Crippen molar-refractivity contribution in [3.05, 3.63) is 35.9 Å². The van der Waals surface area contributed by atoms with E-state index in [4.69, 9.17) is 4.74 Å². The van der Waals surface area contributed by atoms with Gasteiger partial charge in [-0.25, -0.2) is 0 Å². The van der Waals surface area contributed by atoms with Crippen LogP contribution in [0.3, 0.4) is 0 Å². The lowest BCUT2D eigenvalue weighted by atomic mass is 9.71. The lowest BCUT2D eigenvalue weighted by Crippen LogP contribution is -2.63. The number of aliphatic hydroxyl groups is 1. The molecular weight excluding hydrogens is 278 g/mol. The molecule has 4 heteroatoms. The molecule has 1 aromatic carbocycles. The van der Waals surface area contributed by atoms with Gasteiger partial charge in [0.15, 0.2) is 0 Å². The van der Waals surface area contributed by atoms with E-state index in [0.29, 0.717) is 6.61 Å². The number of hydrogen-bond acceptors (Lipinski definition) is 4. The average Bonchev–Trinajstić information content (AvgIpc) is 2.55. The molecule has 1 saturated carbocycles. The average molecular weight is 303 g/mol. The Morgan fingerprint density at radius 2 is 2.09 bits per heavy atom. The number of carbonyl (C=O) groups is 1. The van der Waals surface area contributed by atoms with E-state index in [2.05, 4.69) is 24.0 Å². The van der Waals surface area contributed by atoms with E-state index in [-0.39, 0.29) is 36.1 Å². The van der Waals surface area contributed by atoms with Crippen molar-refractivity contribution in [2.75, 3.05) is 6.61 Å². The normalized spacial score (nSPS) is 32.7. The third-order valence-corrected chi connectivity index (χ3v) is 5.25. The smallest absolute Gasteiger partial charge is 0.323 e. The number of fused-ring (bicyclic) bond motifs is 3. The maximum absolute atomic E-state index is 12.5. The third kappa shape index (κ3) is 2.66. The Morgan fingerprint density at radius 3 is 2.73 bits per heavy atom. The highest BCUT2D eigenvalue weighted by Crippen LogP contribution is 2.44. The Morgan fingerprint density at radius 1 is 1.36 bits per heavy atom. The van der Waals surface area contributed by atoms with Gasteiger partial charge >= 0.3 is 5.97 Å². The van der Waals surface area contributed by atoms with Crippen LogP contribution in [0.25, 0.3) is 0 Å². The minimum absolute atomic E-state index is 0.00443. The Kier molecular flexibility index (Phi) is 4.50. The van der Waals surface area contributed by atoms with Gasteiger partial charge in [-0.15, -0.1) is 0 Å². The first kappa shape index (κ1) is 15.5. The molecule has 22 heavy (non-hydrogen) atoms. The predicted octanol–water partition coefficient (Wildman–Crippen LogP) is 2.52. The zero-order valence-corrected chi connectivity index (χ0v) is 13.3. The number of benzene rings is 1. The third-order valence-electron chi connectivity index (χ3n) is 5.25. The molecule has 4 nitrogen and oxygen atoms in total. The molecule has 2 heterocycles. The SMILES string of the molecule is CCOC(=O)[C@H]1[C@@H]2CC[C@H](CC2O)N1[C@@H](C)c1ccccc1. The number of esters is 1. The van der Waals surface area contributed by atoms with E-state index >= 15 is 0 Å². The molecule has 4 rings (SSSR count). The molecule has 1 N–H and O–H groups in total. The van der Waals surface area contributed by atoms with Gasteiger partial charge in [-0.05, 0) is 38.7 Å². The van der Waals surface area contributed by atoms with Gasteiger partial charge in [0.05, 0.1) is 12.7 Å². The summed E-state index contributed by atoms with van der Waals surface area (Å²) in [6.45, 7) is 4.37. The van der Waals surface area contributed by atoms with Gasteiger partial charge in [-0.3, -0.25) is 9.69 Å². The highest BCUT2D eigenvalue weighted by atomic mass is 16.5. The summed E-state index contributed by atoms with van der Waals surface area (Å²) in [5, 5.41) is 10.3. The van der Waals surface area contributed by atoms with Crippen LogP contribution in [0.5, 0.6) is 0 Å². The van der Waals surface area contributed by atoms with Crippen molar-refractivity contribution in [1.29, 1.82) is 0 Å². The number of carbonyl (C=O) groups excluding carboxylic acids is 1. The van der Waals surface area contributed by atoms with Gasteiger partial charge in [-0.1, -0.05) is 30.3 Å². The van der Waals surface area contributed by atoms with Crippen LogP contribution in [0.1, 0.15) is 44.7 Å². The Bertz CT molecular complexity index is 518. The number of ether oxygens (including phenoxy) is 1. The minimum Gasteiger partial charge on any atom is -0.465 e. The van der Waals surface area contributed by atoms with Crippen molar-refractivity contribution < 1.29 is 14.6 Å². The van der Waals surface area contributed by atoms with Crippen LogP contribution in [0.15, 0.2) is 30.3 Å². The van der Waals surface area contributed by atoms with Gasteiger partial charge in [0.25, 0.3) is 0 Å². The molecule has 5 atom stereocenters. The fourth-order valence-corrected chi connectivity index (χ4v) is 4.22. The van der Waals surface area contributed by atoms with Gasteiger partial charge in [-0.2, -0.15) is 0 Å². The number of nitrogens with zero attached hydrogens (tertiary/aromatic N) is 1. The van der Waals surface area contributed by atoms with E-state index in [1.807, 2.05) is 25.1 Å². The van der Waals surface area contributed by atoms with E-state index < -0.39 is 0 Å². The van der Waals surface area contributed by atoms with Crippen LogP contribution < -0.4 is 0 Å². The molecule has 1 aliphatic carbocycles. The summed E-state index contributed by atoms with van der Waals surface area (Å²) in [4.78, 5) is 14.8. The Hall–Kier alpha value is -1.39. The topological polar surface area (TPSA) is 49.8 Å². The fraction of sp³-hybridized carbons (Fsp3) is 0.611. The Labute approximate surface area is 132 Å². The van der Waals surface area contributed by atoms with Crippen LogP contribution >= 0.6 is 0 Å². The first-order valence-corrected chi connectivity index (χ1v) is 8.30. The summed E-state index contributed by atoms with van der Waals surface area (Å²) in [7, 11) is 0. The van der Waals surface area contributed by atoms with Gasteiger partial charge in [0.2, 0.25) is 0 Å². The fourth-order valence-electron chi connectivity index (χ4n) is 4.22. The number of piperidine rings is 2. The molecule has 2 bridgehead atoms. The molecule has 3 fully saturated rings. The number of rotatable bonds is 4. The summed E-state index contributed by atoms with van der Waals surface area (Å²) in [5.41, 5.74) is 1.21. The molecule has 0 aromatic heterocycles. The molecule has 3 aliphatic rings. The predicted molar refractivity (Wildman–Crippen MR) is 84.3 cm³/mol. The minimum atomic E-state index is -0.382. The first-order chi connectivity index (χ1) is 10.6. The summed E-state index contributed by atoms with van der Waals surface area (Å²) < 4.78 is 5.31. The van der Waals surface area contributed by atoms with Crippen LogP contribution in [0.4, 0.5) is 0 Å². The molecule has 2 aliphatic heterocycles. The summed E-state index contributed by atoms with van der Waals surface area (Å²) in [6.07, 6.45) is 2.34. The van der Waals surface area contributed by atoms with E-state index in [9.17, 15) is 9.90 Å². The van der Waals surface area contributed by atoms with Crippen molar-refractivity contribution >= 4 is 5.97 Å². The van der Waals surface area contributed by atoms with Gasteiger partial charge in [0.1, 0.15) is 6.04 Å². The van der Waals surface area contributed by atoms with Crippen molar-refractivity contribution in [1.82, 2.24) is 4.90 Å². The van der Waals surface area contributed by atoms with E-state index in [0.717, 1.165) is 19.3 Å². The lowest BCUT2D eigenvalue weighted by molar-refractivity contribution is -0.171. The standard InChI is InChI=1S/C18H25NO3/c1-3-22-18(21)17-15-10-9-14(11-16(15)20)19(17)12(2)13-7-5-4-6-8-13/h4-8,12,14-17,20H,3,9-11H2,1-2H3/t12-,14+,15+,16?,17+/m0/s1. The molecule has 2 saturated heterocycles. The molecular formula is C18H25NO3.